The van der Waals surface area contributed by atoms with Gasteiger partial charge in [-0.05, 0) is 105 Å². The van der Waals surface area contributed by atoms with Crippen molar-refractivity contribution in [3.63, 3.8) is 0 Å². The smallest absolute Gasteiger partial charge is 0.342 e. The number of phenolic OH excluding ortho intramolecular Hbond substituents is 3. The van der Waals surface area contributed by atoms with Gasteiger partial charge in [0.05, 0.1) is 6.61 Å². The highest BCUT2D eigenvalue weighted by Gasteiger charge is 2.56. The lowest BCUT2D eigenvalue weighted by atomic mass is 9.55. The molecule has 3 N–H and O–H groups in total. The van der Waals surface area contributed by atoms with E-state index in [2.05, 4.69) is 13.0 Å². The van der Waals surface area contributed by atoms with E-state index in [9.17, 15) is 19.8 Å². The Morgan fingerprint density at radius 1 is 1.00 bits per heavy atom. The van der Waals surface area contributed by atoms with E-state index in [1.54, 1.807) is 13.8 Å². The van der Waals surface area contributed by atoms with Crippen LogP contribution < -0.4 is 0 Å². The molecule has 5 unspecified atom stereocenters. The molecule has 38 heavy (non-hydrogen) atoms. The SMILES string of the molecule is CCC(=O)OC1CCC2C3CCc4cc(O)ccc4C3CCC12C.CCOC(=O)c1c(C)cc(O)cc1O. The normalized spacial score (nSPS) is 27.2. The monoisotopic (exact) mass is 524 g/mol. The lowest BCUT2D eigenvalue weighted by molar-refractivity contribution is -0.157. The lowest BCUT2D eigenvalue weighted by Gasteiger charge is -2.50. The first kappa shape index (κ1) is 27.8. The second-order valence-electron chi connectivity index (χ2n) is 11.1. The second kappa shape index (κ2) is 11.3. The number of aryl methyl sites for hydroxylation is 2. The van der Waals surface area contributed by atoms with Gasteiger partial charge in [-0.15, -0.1) is 0 Å². The average molecular weight is 525 g/mol. The van der Waals surface area contributed by atoms with Gasteiger partial charge in [-0.3, -0.25) is 4.79 Å². The molecule has 0 aromatic heterocycles. The predicted molar refractivity (Wildman–Crippen MR) is 143 cm³/mol. The van der Waals surface area contributed by atoms with Crippen LogP contribution >= 0.6 is 0 Å². The number of esters is 2. The Balaban J connectivity index is 0.000000206. The number of fused-ring (bicyclic) bond motifs is 5. The number of phenols is 3. The molecule has 2 fully saturated rings. The summed E-state index contributed by atoms with van der Waals surface area (Å²) in [6.07, 6.45) is 7.38. The Morgan fingerprint density at radius 2 is 1.76 bits per heavy atom. The zero-order valence-electron chi connectivity index (χ0n) is 22.8. The lowest BCUT2D eigenvalue weighted by Crippen LogP contribution is -2.45. The van der Waals surface area contributed by atoms with E-state index in [-0.39, 0.29) is 41.2 Å². The van der Waals surface area contributed by atoms with Gasteiger partial charge in [-0.1, -0.05) is 19.9 Å². The van der Waals surface area contributed by atoms with Crippen LogP contribution in [0.4, 0.5) is 0 Å². The number of hydrogen-bond acceptors (Lipinski definition) is 7. The fourth-order valence-corrected chi connectivity index (χ4v) is 7.18. The summed E-state index contributed by atoms with van der Waals surface area (Å²) in [6.45, 7) is 7.79. The summed E-state index contributed by atoms with van der Waals surface area (Å²) in [4.78, 5) is 23.2. The fraction of sp³-hybridized carbons (Fsp3) is 0.548. The summed E-state index contributed by atoms with van der Waals surface area (Å²) < 4.78 is 10.6. The van der Waals surface area contributed by atoms with Crippen molar-refractivity contribution >= 4 is 11.9 Å². The Hall–Kier alpha value is -3.22. The fourth-order valence-electron chi connectivity index (χ4n) is 7.18. The Kier molecular flexibility index (Phi) is 8.24. The van der Waals surface area contributed by atoms with Crippen LogP contribution in [-0.2, 0) is 20.7 Å². The van der Waals surface area contributed by atoms with E-state index in [4.69, 9.17) is 14.6 Å². The van der Waals surface area contributed by atoms with Crippen molar-refractivity contribution in [1.29, 1.82) is 0 Å². The average Bonchev–Trinajstić information content (AvgIpc) is 3.19. The maximum absolute atomic E-state index is 11.8. The van der Waals surface area contributed by atoms with Crippen LogP contribution in [0.3, 0.4) is 0 Å². The molecule has 2 saturated carbocycles. The predicted octanol–water partition coefficient (Wildman–Crippen LogP) is 6.15. The van der Waals surface area contributed by atoms with Gasteiger partial charge in [0.25, 0.3) is 0 Å². The molecule has 2 aromatic carbocycles. The molecule has 0 amide bonds. The van der Waals surface area contributed by atoms with Crippen LogP contribution in [0.5, 0.6) is 17.2 Å². The molecule has 3 aliphatic carbocycles. The van der Waals surface area contributed by atoms with Crippen molar-refractivity contribution < 1.29 is 34.4 Å². The second-order valence-corrected chi connectivity index (χ2v) is 11.1. The van der Waals surface area contributed by atoms with Gasteiger partial charge in [-0.2, -0.15) is 0 Å². The van der Waals surface area contributed by atoms with E-state index >= 15 is 0 Å². The van der Waals surface area contributed by atoms with Crippen LogP contribution in [0.15, 0.2) is 30.3 Å². The van der Waals surface area contributed by atoms with E-state index in [1.807, 2.05) is 19.1 Å². The van der Waals surface area contributed by atoms with Gasteiger partial charge in [0.1, 0.15) is 28.9 Å². The van der Waals surface area contributed by atoms with Gasteiger partial charge < -0.3 is 24.8 Å². The van der Waals surface area contributed by atoms with Crippen LogP contribution in [0.2, 0.25) is 0 Å². The van der Waals surface area contributed by atoms with Crippen molar-refractivity contribution in [2.75, 3.05) is 6.61 Å². The van der Waals surface area contributed by atoms with Crippen LogP contribution in [0.1, 0.15) is 92.3 Å². The highest BCUT2D eigenvalue weighted by Crippen LogP contribution is 2.61. The number of hydrogen-bond donors (Lipinski definition) is 3. The third-order valence-electron chi connectivity index (χ3n) is 8.96. The number of carbonyl (C=O) groups is 2. The number of aromatic hydroxyl groups is 3. The Morgan fingerprint density at radius 3 is 2.45 bits per heavy atom. The standard InChI is InChI=1S/C21H28O3.C10H12O4/c1-3-20(23)24-19-9-8-18-17-6-4-13-12-14(22)5-7-15(13)16(17)10-11-21(18,19)2;1-3-14-10(13)9-6(2)4-7(11)5-8(9)12/h5,7,12,16-19,22H,3-4,6,8-11H2,1-2H3;4-5,11-12H,3H2,1-2H3. The Labute approximate surface area is 224 Å². The first-order valence-electron chi connectivity index (χ1n) is 13.8. The van der Waals surface area contributed by atoms with Gasteiger partial charge in [0.2, 0.25) is 0 Å². The molecule has 0 radical (unpaired) electrons. The summed E-state index contributed by atoms with van der Waals surface area (Å²) in [7, 11) is 0. The van der Waals surface area contributed by atoms with Crippen molar-refractivity contribution in [3.8, 4) is 17.2 Å². The molecule has 5 atom stereocenters. The van der Waals surface area contributed by atoms with E-state index in [0.29, 0.717) is 35.5 Å². The quantitative estimate of drug-likeness (QED) is 0.411. The third kappa shape index (κ3) is 5.33. The maximum Gasteiger partial charge on any atom is 0.342 e. The zero-order valence-corrected chi connectivity index (χ0v) is 22.8. The highest BCUT2D eigenvalue weighted by molar-refractivity contribution is 5.94. The summed E-state index contributed by atoms with van der Waals surface area (Å²) >= 11 is 0. The first-order valence-corrected chi connectivity index (χ1v) is 13.8. The summed E-state index contributed by atoms with van der Waals surface area (Å²) in [6, 6.07) is 8.45. The first-order chi connectivity index (χ1) is 18.1. The molecule has 0 saturated heterocycles. The van der Waals surface area contributed by atoms with Crippen molar-refractivity contribution in [2.45, 2.75) is 84.7 Å². The molecule has 0 bridgehead atoms. The number of benzene rings is 2. The van der Waals surface area contributed by atoms with Crippen LogP contribution in [-0.4, -0.2) is 40.0 Å². The minimum absolute atomic E-state index is 0.0477. The molecular weight excluding hydrogens is 484 g/mol. The number of ether oxygens (including phenoxy) is 2. The zero-order chi connectivity index (χ0) is 27.6. The van der Waals surface area contributed by atoms with Crippen molar-refractivity contribution in [3.05, 3.63) is 52.6 Å². The molecule has 0 aliphatic heterocycles. The summed E-state index contributed by atoms with van der Waals surface area (Å²) in [5.74, 6) is 1.40. The molecule has 7 nitrogen and oxygen atoms in total. The third-order valence-corrected chi connectivity index (χ3v) is 8.96. The van der Waals surface area contributed by atoms with E-state index in [1.165, 1.54) is 36.5 Å². The van der Waals surface area contributed by atoms with Crippen LogP contribution in [0.25, 0.3) is 0 Å². The number of carbonyl (C=O) groups excluding carboxylic acids is 2. The van der Waals surface area contributed by atoms with Gasteiger partial charge in [0.15, 0.2) is 0 Å². The molecule has 2 aromatic rings. The van der Waals surface area contributed by atoms with Crippen LogP contribution in [0, 0.1) is 24.2 Å². The number of rotatable bonds is 4. The largest absolute Gasteiger partial charge is 0.508 e. The summed E-state index contributed by atoms with van der Waals surface area (Å²) in [5.41, 5.74) is 3.54. The highest BCUT2D eigenvalue weighted by atomic mass is 16.5. The molecule has 7 heteroatoms. The van der Waals surface area contributed by atoms with E-state index in [0.717, 1.165) is 25.3 Å². The minimum Gasteiger partial charge on any atom is -0.508 e. The summed E-state index contributed by atoms with van der Waals surface area (Å²) in [5, 5.41) is 28.3. The van der Waals surface area contributed by atoms with E-state index < -0.39 is 5.97 Å². The van der Waals surface area contributed by atoms with Crippen molar-refractivity contribution in [1.82, 2.24) is 0 Å². The minimum atomic E-state index is -0.581. The van der Waals surface area contributed by atoms with Gasteiger partial charge in [-0.25, -0.2) is 4.79 Å². The maximum atomic E-state index is 11.8. The van der Waals surface area contributed by atoms with Crippen molar-refractivity contribution in [2.24, 2.45) is 17.3 Å². The molecule has 5 rings (SSSR count). The molecule has 0 heterocycles. The Bertz CT molecular complexity index is 1170. The molecule has 206 valence electrons. The molecular formula is C31H40O7. The molecule has 0 spiro atoms. The topological polar surface area (TPSA) is 113 Å². The van der Waals surface area contributed by atoms with Gasteiger partial charge in [0, 0.05) is 17.9 Å². The molecule has 3 aliphatic rings. The van der Waals surface area contributed by atoms with Gasteiger partial charge >= 0.3 is 11.9 Å².